The monoisotopic (exact) mass is 237 g/mol. The normalized spacial score (nSPS) is 10.4. The van der Waals surface area contributed by atoms with Crippen LogP contribution in [0, 0.1) is 0 Å². The standard InChI is InChI=1S/C13H9N4O/c18-12-8-4-3-7-11(12)15-13-14-9-5-1-2-6-10(9)16-17-13/h1-8H,(H,14,15,17). The average molecular weight is 237 g/mol. The van der Waals surface area contributed by atoms with E-state index in [1.165, 1.54) is 6.07 Å². The first-order valence-corrected chi connectivity index (χ1v) is 5.45. The molecule has 0 atom stereocenters. The van der Waals surface area contributed by atoms with Gasteiger partial charge in [-0.1, -0.05) is 24.3 Å². The summed E-state index contributed by atoms with van der Waals surface area (Å²) < 4.78 is 0. The van der Waals surface area contributed by atoms with Gasteiger partial charge >= 0.3 is 0 Å². The van der Waals surface area contributed by atoms with Crippen LogP contribution in [-0.2, 0) is 5.11 Å². The number of anilines is 2. The Morgan fingerprint density at radius 3 is 2.39 bits per heavy atom. The molecule has 0 aliphatic heterocycles. The smallest absolute Gasteiger partial charge is 0.247 e. The minimum atomic E-state index is -0.103. The molecular formula is C13H9N4O. The fourth-order valence-corrected chi connectivity index (χ4v) is 1.62. The molecule has 1 N–H and O–H groups in total. The van der Waals surface area contributed by atoms with Crippen molar-refractivity contribution in [1.82, 2.24) is 15.2 Å². The van der Waals surface area contributed by atoms with Gasteiger partial charge in [0.2, 0.25) is 11.7 Å². The number of nitrogens with one attached hydrogen (secondary N) is 1. The summed E-state index contributed by atoms with van der Waals surface area (Å²) in [4.78, 5) is 4.29. The molecule has 1 aromatic heterocycles. The minimum Gasteiger partial charge on any atom is -0.320 e. The zero-order valence-corrected chi connectivity index (χ0v) is 9.37. The number of benzene rings is 2. The lowest BCUT2D eigenvalue weighted by Gasteiger charge is -2.04. The third kappa shape index (κ3) is 1.93. The molecule has 2 aromatic carbocycles. The van der Waals surface area contributed by atoms with Crippen molar-refractivity contribution in [3.63, 3.8) is 0 Å². The highest BCUT2D eigenvalue weighted by Crippen LogP contribution is 2.25. The van der Waals surface area contributed by atoms with Gasteiger partial charge in [-0.15, -0.1) is 10.2 Å². The highest BCUT2D eigenvalue weighted by molar-refractivity contribution is 5.75. The average Bonchev–Trinajstić information content (AvgIpc) is 2.41. The molecule has 87 valence electrons. The largest absolute Gasteiger partial charge is 0.320 e. The molecule has 0 spiro atoms. The topological polar surface area (TPSA) is 70.6 Å². The van der Waals surface area contributed by atoms with Crippen LogP contribution in [0.25, 0.3) is 11.0 Å². The Kier molecular flexibility index (Phi) is 2.49. The van der Waals surface area contributed by atoms with Gasteiger partial charge in [0, 0.05) is 0 Å². The Morgan fingerprint density at radius 1 is 0.833 bits per heavy atom. The molecule has 0 saturated heterocycles. The Morgan fingerprint density at radius 2 is 1.56 bits per heavy atom. The van der Waals surface area contributed by atoms with Crippen molar-refractivity contribution in [2.24, 2.45) is 0 Å². The summed E-state index contributed by atoms with van der Waals surface area (Å²) in [5.41, 5.74) is 1.89. The van der Waals surface area contributed by atoms with Gasteiger partial charge in [-0.05, 0) is 24.3 Å². The minimum absolute atomic E-state index is 0.103. The molecule has 0 bridgehead atoms. The molecule has 1 heterocycles. The summed E-state index contributed by atoms with van der Waals surface area (Å²) in [7, 11) is 0. The second kappa shape index (κ2) is 4.29. The van der Waals surface area contributed by atoms with Gasteiger partial charge in [-0.2, -0.15) is 0 Å². The van der Waals surface area contributed by atoms with Gasteiger partial charge in [0.15, 0.2) is 0 Å². The number of hydrogen-bond donors (Lipinski definition) is 1. The van der Waals surface area contributed by atoms with E-state index in [-0.39, 0.29) is 5.75 Å². The molecule has 0 unspecified atom stereocenters. The van der Waals surface area contributed by atoms with Crippen molar-refractivity contribution in [3.05, 3.63) is 48.5 Å². The van der Waals surface area contributed by atoms with Crippen LogP contribution in [0.3, 0.4) is 0 Å². The summed E-state index contributed by atoms with van der Waals surface area (Å²) in [5, 5.41) is 22.4. The summed E-state index contributed by atoms with van der Waals surface area (Å²) in [6.07, 6.45) is 0. The van der Waals surface area contributed by atoms with Crippen molar-refractivity contribution in [2.45, 2.75) is 0 Å². The second-order valence-corrected chi connectivity index (χ2v) is 3.75. The molecule has 5 nitrogen and oxygen atoms in total. The lowest BCUT2D eigenvalue weighted by atomic mass is 10.3. The van der Waals surface area contributed by atoms with Crippen LogP contribution < -0.4 is 5.32 Å². The zero-order chi connectivity index (χ0) is 12.4. The third-order valence-electron chi connectivity index (χ3n) is 2.49. The number of fused-ring (bicyclic) bond motifs is 1. The van der Waals surface area contributed by atoms with E-state index >= 15 is 0 Å². The van der Waals surface area contributed by atoms with E-state index in [0.29, 0.717) is 11.6 Å². The summed E-state index contributed by atoms with van der Waals surface area (Å²) >= 11 is 0. The third-order valence-corrected chi connectivity index (χ3v) is 2.49. The molecule has 1 radical (unpaired) electrons. The molecule has 3 aromatic rings. The molecule has 0 saturated carbocycles. The molecule has 18 heavy (non-hydrogen) atoms. The zero-order valence-electron chi connectivity index (χ0n) is 9.37. The highest BCUT2D eigenvalue weighted by atomic mass is 16.3. The predicted octanol–water partition coefficient (Wildman–Crippen LogP) is 2.91. The van der Waals surface area contributed by atoms with Crippen LogP contribution in [0.2, 0.25) is 0 Å². The fourth-order valence-electron chi connectivity index (χ4n) is 1.62. The van der Waals surface area contributed by atoms with Gasteiger partial charge in [-0.25, -0.2) is 4.98 Å². The molecule has 0 aliphatic rings. The van der Waals surface area contributed by atoms with E-state index < -0.39 is 0 Å². The van der Waals surface area contributed by atoms with E-state index in [2.05, 4.69) is 20.5 Å². The fraction of sp³-hybridized carbons (Fsp3) is 0. The predicted molar refractivity (Wildman–Crippen MR) is 67.2 cm³/mol. The van der Waals surface area contributed by atoms with E-state index in [4.69, 9.17) is 0 Å². The van der Waals surface area contributed by atoms with E-state index in [1.54, 1.807) is 18.2 Å². The quantitative estimate of drug-likeness (QED) is 0.743. The van der Waals surface area contributed by atoms with Gasteiger partial charge in [0.05, 0.1) is 11.2 Å². The van der Waals surface area contributed by atoms with Crippen molar-refractivity contribution in [2.75, 3.05) is 5.32 Å². The maximum Gasteiger partial charge on any atom is 0.247 e. The molecule has 5 heteroatoms. The van der Waals surface area contributed by atoms with Crippen LogP contribution in [0.4, 0.5) is 11.6 Å². The van der Waals surface area contributed by atoms with Gasteiger partial charge in [0.25, 0.3) is 0 Å². The SMILES string of the molecule is [O]c1ccccc1Nc1nnc2ccccc2n1. The first kappa shape index (κ1) is 10.5. The summed E-state index contributed by atoms with van der Waals surface area (Å²) in [6.45, 7) is 0. The molecule has 0 amide bonds. The Bertz CT molecular complexity index is 699. The van der Waals surface area contributed by atoms with E-state index in [0.717, 1.165) is 11.0 Å². The van der Waals surface area contributed by atoms with Crippen LogP contribution in [0.1, 0.15) is 0 Å². The van der Waals surface area contributed by atoms with Gasteiger partial charge < -0.3 is 5.32 Å². The summed E-state index contributed by atoms with van der Waals surface area (Å²) in [6, 6.07) is 14.1. The number of nitrogens with zero attached hydrogens (tertiary/aromatic N) is 3. The van der Waals surface area contributed by atoms with Crippen LogP contribution >= 0.6 is 0 Å². The number of para-hydroxylation sites is 3. The van der Waals surface area contributed by atoms with E-state index in [9.17, 15) is 5.11 Å². The first-order chi connectivity index (χ1) is 8.83. The van der Waals surface area contributed by atoms with Crippen LogP contribution in [0.15, 0.2) is 48.5 Å². The molecule has 0 aliphatic carbocycles. The lowest BCUT2D eigenvalue weighted by molar-refractivity contribution is 0.357. The van der Waals surface area contributed by atoms with Crippen LogP contribution in [-0.4, -0.2) is 15.2 Å². The number of hydrogen-bond acceptors (Lipinski definition) is 4. The molecular weight excluding hydrogens is 228 g/mol. The van der Waals surface area contributed by atoms with Crippen molar-refractivity contribution in [3.8, 4) is 5.75 Å². The van der Waals surface area contributed by atoms with Gasteiger partial charge in [-0.3, -0.25) is 5.11 Å². The molecule has 0 fully saturated rings. The number of rotatable bonds is 2. The highest BCUT2D eigenvalue weighted by Gasteiger charge is 2.05. The van der Waals surface area contributed by atoms with E-state index in [1.807, 2.05) is 24.3 Å². The van der Waals surface area contributed by atoms with Crippen LogP contribution in [0.5, 0.6) is 5.75 Å². The summed E-state index contributed by atoms with van der Waals surface area (Å²) in [5.74, 6) is 0.214. The van der Waals surface area contributed by atoms with Crippen molar-refractivity contribution in [1.29, 1.82) is 0 Å². The van der Waals surface area contributed by atoms with Crippen molar-refractivity contribution < 1.29 is 5.11 Å². The Balaban J connectivity index is 1.98. The van der Waals surface area contributed by atoms with Gasteiger partial charge in [0.1, 0.15) is 5.52 Å². The molecule has 3 rings (SSSR count). The number of aromatic nitrogens is 3. The Hall–Kier alpha value is -2.69. The Labute approximate surface area is 103 Å². The lowest BCUT2D eigenvalue weighted by Crippen LogP contribution is -1.99. The van der Waals surface area contributed by atoms with Crippen molar-refractivity contribution >= 4 is 22.7 Å². The second-order valence-electron chi connectivity index (χ2n) is 3.75. The first-order valence-electron chi connectivity index (χ1n) is 5.45. The maximum absolute atomic E-state index is 11.5. The maximum atomic E-state index is 11.5.